The second-order valence-electron chi connectivity index (χ2n) is 7.85. The van der Waals surface area contributed by atoms with Crippen molar-refractivity contribution >= 4 is 15.7 Å². The van der Waals surface area contributed by atoms with E-state index in [1.54, 1.807) is 7.11 Å². The van der Waals surface area contributed by atoms with Crippen LogP contribution >= 0.6 is 0 Å². The predicted molar refractivity (Wildman–Crippen MR) is 105 cm³/mol. The molecule has 0 unspecified atom stereocenters. The molecule has 0 saturated carbocycles. The van der Waals surface area contributed by atoms with Crippen molar-refractivity contribution < 1.29 is 17.9 Å². The molecule has 1 N–H and O–H groups in total. The number of piperazine rings is 1. The third kappa shape index (κ3) is 5.67. The first-order valence-corrected chi connectivity index (χ1v) is 11.2. The molecule has 1 aromatic rings. The summed E-state index contributed by atoms with van der Waals surface area (Å²) < 4.78 is 28.5. The highest BCUT2D eigenvalue weighted by molar-refractivity contribution is 7.91. The fourth-order valence-corrected chi connectivity index (χ4v) is 5.88. The molecule has 0 aliphatic carbocycles. The summed E-state index contributed by atoms with van der Waals surface area (Å²) >= 11 is 0. The van der Waals surface area contributed by atoms with Gasteiger partial charge in [0.05, 0.1) is 30.7 Å². The Kier molecular flexibility index (Phi) is 6.08. The van der Waals surface area contributed by atoms with Crippen molar-refractivity contribution in [2.24, 2.45) is 0 Å². The first kappa shape index (κ1) is 20.1. The molecule has 1 amide bonds. The SMILES string of the molecule is COc1ccc(CN2CCN(CC(=O)N[C@@]3(C)CCS(=O)(=O)C3)CC2)cc1. The highest BCUT2D eigenvalue weighted by atomic mass is 32.2. The van der Waals surface area contributed by atoms with Crippen molar-refractivity contribution in [1.82, 2.24) is 15.1 Å². The number of benzene rings is 1. The third-order valence-corrected chi connectivity index (χ3v) is 7.24. The van der Waals surface area contributed by atoms with E-state index >= 15 is 0 Å². The minimum atomic E-state index is -3.02. The molecule has 0 bridgehead atoms. The number of carbonyl (C=O) groups excluding carboxylic acids is 1. The van der Waals surface area contributed by atoms with E-state index in [1.807, 2.05) is 19.1 Å². The van der Waals surface area contributed by atoms with E-state index in [-0.39, 0.29) is 17.4 Å². The van der Waals surface area contributed by atoms with Crippen LogP contribution in [0.15, 0.2) is 24.3 Å². The molecule has 0 aromatic heterocycles. The number of hydrogen-bond donors (Lipinski definition) is 1. The number of sulfone groups is 1. The Morgan fingerprint density at radius 1 is 1.15 bits per heavy atom. The van der Waals surface area contributed by atoms with Crippen LogP contribution in [0.5, 0.6) is 5.75 Å². The Balaban J connectivity index is 1.42. The molecule has 0 radical (unpaired) electrons. The molecule has 2 aliphatic rings. The summed E-state index contributed by atoms with van der Waals surface area (Å²) in [4.78, 5) is 16.9. The zero-order valence-corrected chi connectivity index (χ0v) is 16.9. The molecule has 2 saturated heterocycles. The zero-order valence-electron chi connectivity index (χ0n) is 16.1. The molecule has 3 rings (SSSR count). The molecule has 2 aliphatic heterocycles. The second kappa shape index (κ2) is 8.16. The van der Waals surface area contributed by atoms with Gasteiger partial charge in [-0.2, -0.15) is 0 Å². The summed E-state index contributed by atoms with van der Waals surface area (Å²) in [5, 5.41) is 2.93. The van der Waals surface area contributed by atoms with Gasteiger partial charge in [-0.25, -0.2) is 8.42 Å². The summed E-state index contributed by atoms with van der Waals surface area (Å²) in [6, 6.07) is 8.10. The normalized spacial score (nSPS) is 26.0. The number of carbonyl (C=O) groups is 1. The van der Waals surface area contributed by atoms with Crippen molar-refractivity contribution in [2.75, 3.05) is 51.3 Å². The maximum atomic E-state index is 12.3. The zero-order chi connectivity index (χ0) is 19.5. The quantitative estimate of drug-likeness (QED) is 0.756. The Hall–Kier alpha value is -1.64. The average Bonchev–Trinajstić information content (AvgIpc) is 2.90. The molecule has 27 heavy (non-hydrogen) atoms. The number of ether oxygens (including phenoxy) is 1. The molecular weight excluding hydrogens is 366 g/mol. The summed E-state index contributed by atoms with van der Waals surface area (Å²) in [5.74, 6) is 0.978. The van der Waals surface area contributed by atoms with Gasteiger partial charge < -0.3 is 10.1 Å². The fourth-order valence-electron chi connectivity index (χ4n) is 3.78. The van der Waals surface area contributed by atoms with Gasteiger partial charge in [-0.05, 0) is 31.0 Å². The van der Waals surface area contributed by atoms with Gasteiger partial charge in [0.1, 0.15) is 5.75 Å². The minimum absolute atomic E-state index is 0.0430. The lowest BCUT2D eigenvalue weighted by Crippen LogP contribution is -2.53. The van der Waals surface area contributed by atoms with Crippen LogP contribution < -0.4 is 10.1 Å². The molecule has 0 spiro atoms. The molecule has 1 aromatic carbocycles. The molecular formula is C19H29N3O4S. The Morgan fingerprint density at radius 3 is 2.33 bits per heavy atom. The molecule has 1 atom stereocenters. The average molecular weight is 396 g/mol. The van der Waals surface area contributed by atoms with Crippen LogP contribution in [0.2, 0.25) is 0 Å². The van der Waals surface area contributed by atoms with E-state index in [4.69, 9.17) is 4.74 Å². The maximum Gasteiger partial charge on any atom is 0.234 e. The first-order valence-electron chi connectivity index (χ1n) is 9.36. The van der Waals surface area contributed by atoms with E-state index in [0.717, 1.165) is 38.5 Å². The fraction of sp³-hybridized carbons (Fsp3) is 0.632. The van der Waals surface area contributed by atoms with Crippen LogP contribution in [0.3, 0.4) is 0 Å². The van der Waals surface area contributed by atoms with E-state index in [0.29, 0.717) is 13.0 Å². The van der Waals surface area contributed by atoms with Crippen LogP contribution in [-0.4, -0.2) is 81.0 Å². The smallest absolute Gasteiger partial charge is 0.234 e. The topological polar surface area (TPSA) is 79.0 Å². The molecule has 2 fully saturated rings. The van der Waals surface area contributed by atoms with Crippen molar-refractivity contribution in [3.05, 3.63) is 29.8 Å². The second-order valence-corrected chi connectivity index (χ2v) is 10.0. The minimum Gasteiger partial charge on any atom is -0.497 e. The standard InChI is InChI=1S/C19H29N3O4S/c1-19(7-12-27(24,25)15-19)20-18(23)14-22-10-8-21(9-11-22)13-16-3-5-17(26-2)6-4-16/h3-6H,7-15H2,1-2H3,(H,20,23)/t19-/m0/s1. The highest BCUT2D eigenvalue weighted by Gasteiger charge is 2.39. The molecule has 150 valence electrons. The van der Waals surface area contributed by atoms with E-state index in [2.05, 4.69) is 27.2 Å². The van der Waals surface area contributed by atoms with Crippen LogP contribution in [0, 0.1) is 0 Å². The number of rotatable bonds is 6. The molecule has 2 heterocycles. The van der Waals surface area contributed by atoms with Gasteiger partial charge in [0.15, 0.2) is 9.84 Å². The lowest BCUT2D eigenvalue weighted by Gasteiger charge is -2.35. The Bertz CT molecular complexity index is 758. The van der Waals surface area contributed by atoms with Gasteiger partial charge in [0, 0.05) is 32.7 Å². The summed E-state index contributed by atoms with van der Waals surface area (Å²) in [6.45, 7) is 6.52. The van der Waals surface area contributed by atoms with Crippen molar-refractivity contribution in [2.45, 2.75) is 25.4 Å². The lowest BCUT2D eigenvalue weighted by molar-refractivity contribution is -0.124. The van der Waals surface area contributed by atoms with E-state index in [9.17, 15) is 13.2 Å². The van der Waals surface area contributed by atoms with Gasteiger partial charge in [-0.15, -0.1) is 0 Å². The summed E-state index contributed by atoms with van der Waals surface area (Å²) in [5.41, 5.74) is 0.629. The number of hydrogen-bond acceptors (Lipinski definition) is 6. The van der Waals surface area contributed by atoms with Crippen LogP contribution in [0.1, 0.15) is 18.9 Å². The monoisotopic (exact) mass is 395 g/mol. The predicted octanol–water partition coefficient (Wildman–Crippen LogP) is 0.506. The Morgan fingerprint density at radius 2 is 1.78 bits per heavy atom. The van der Waals surface area contributed by atoms with Crippen molar-refractivity contribution in [3.8, 4) is 5.75 Å². The van der Waals surface area contributed by atoms with Gasteiger partial charge in [0.2, 0.25) is 5.91 Å². The molecule has 8 heteroatoms. The third-order valence-electron chi connectivity index (χ3n) is 5.34. The van der Waals surface area contributed by atoms with Crippen LogP contribution in [0.25, 0.3) is 0 Å². The van der Waals surface area contributed by atoms with E-state index < -0.39 is 15.4 Å². The van der Waals surface area contributed by atoms with E-state index in [1.165, 1.54) is 5.56 Å². The van der Waals surface area contributed by atoms with Crippen molar-refractivity contribution in [1.29, 1.82) is 0 Å². The van der Waals surface area contributed by atoms with Gasteiger partial charge >= 0.3 is 0 Å². The van der Waals surface area contributed by atoms with Gasteiger partial charge in [0.25, 0.3) is 0 Å². The highest BCUT2D eigenvalue weighted by Crippen LogP contribution is 2.22. The number of nitrogens with one attached hydrogen (secondary N) is 1. The lowest BCUT2D eigenvalue weighted by atomic mass is 10.0. The van der Waals surface area contributed by atoms with Gasteiger partial charge in [-0.3, -0.25) is 14.6 Å². The summed E-state index contributed by atoms with van der Waals surface area (Å²) in [6.07, 6.45) is 0.497. The van der Waals surface area contributed by atoms with Crippen molar-refractivity contribution in [3.63, 3.8) is 0 Å². The number of amides is 1. The van der Waals surface area contributed by atoms with Crippen LogP contribution in [0.4, 0.5) is 0 Å². The van der Waals surface area contributed by atoms with Gasteiger partial charge in [-0.1, -0.05) is 12.1 Å². The van der Waals surface area contributed by atoms with Crippen LogP contribution in [-0.2, 0) is 21.2 Å². The molecule has 7 nitrogen and oxygen atoms in total. The summed E-state index contributed by atoms with van der Waals surface area (Å²) in [7, 11) is -1.35. The first-order chi connectivity index (χ1) is 12.8. The maximum absolute atomic E-state index is 12.3. The largest absolute Gasteiger partial charge is 0.497 e. The number of methoxy groups -OCH3 is 1. The number of nitrogens with zero attached hydrogens (tertiary/aromatic N) is 2. The Labute approximate surface area is 161 Å².